The number of alkyl halides is 3. The van der Waals surface area contributed by atoms with Crippen LogP contribution in [0, 0.1) is 0 Å². The van der Waals surface area contributed by atoms with Crippen molar-refractivity contribution in [2.24, 2.45) is 0 Å². The maximum atomic E-state index is 13.2. The average molecular weight is 394 g/mol. The van der Waals surface area contributed by atoms with E-state index in [-0.39, 0.29) is 19.0 Å². The van der Waals surface area contributed by atoms with Gasteiger partial charge in [0.1, 0.15) is 0 Å². The molecule has 28 heavy (non-hydrogen) atoms. The number of hydrogen-bond donors (Lipinski definition) is 1. The van der Waals surface area contributed by atoms with Crippen LogP contribution in [-0.4, -0.2) is 43.2 Å². The van der Waals surface area contributed by atoms with E-state index >= 15 is 0 Å². The predicted molar refractivity (Wildman–Crippen MR) is 93.5 cm³/mol. The van der Waals surface area contributed by atoms with Crippen LogP contribution in [0.25, 0.3) is 0 Å². The molecule has 4 rings (SSSR count). The summed E-state index contributed by atoms with van der Waals surface area (Å²) < 4.78 is 41.1. The molecule has 2 aromatic rings. The zero-order valence-corrected chi connectivity index (χ0v) is 15.6. The second kappa shape index (κ2) is 6.30. The minimum Gasteiger partial charge on any atom is -0.374 e. The molecule has 0 radical (unpaired) electrons. The molecule has 150 valence electrons. The molecule has 1 unspecified atom stereocenters. The Kier molecular flexibility index (Phi) is 4.26. The molecule has 2 aliphatic rings. The number of fused-ring (bicyclic) bond motifs is 1. The molecule has 2 atom stereocenters. The Morgan fingerprint density at radius 2 is 1.93 bits per heavy atom. The molecule has 1 saturated carbocycles. The highest BCUT2D eigenvalue weighted by atomic mass is 19.4. The van der Waals surface area contributed by atoms with Crippen LogP contribution in [0.5, 0.6) is 0 Å². The number of pyridine rings is 1. The number of nitrogens with zero attached hydrogens (tertiary/aromatic N) is 4. The maximum absolute atomic E-state index is 13.2. The molecule has 6 nitrogen and oxygen atoms in total. The first-order valence-electron chi connectivity index (χ1n) is 9.20. The zero-order valence-electron chi connectivity index (χ0n) is 15.6. The molecule has 1 amide bonds. The van der Waals surface area contributed by atoms with Crippen molar-refractivity contribution in [3.8, 4) is 0 Å². The quantitative estimate of drug-likeness (QED) is 0.868. The van der Waals surface area contributed by atoms with E-state index in [0.717, 1.165) is 18.5 Å². The summed E-state index contributed by atoms with van der Waals surface area (Å²) in [6.07, 6.45) is 0.249. The summed E-state index contributed by atoms with van der Waals surface area (Å²) in [5.74, 6) is -0.184. The van der Waals surface area contributed by atoms with Crippen LogP contribution in [0.3, 0.4) is 0 Å². The first-order valence-corrected chi connectivity index (χ1v) is 9.20. The van der Waals surface area contributed by atoms with Crippen LogP contribution in [0.15, 0.2) is 24.5 Å². The van der Waals surface area contributed by atoms with Crippen molar-refractivity contribution in [1.29, 1.82) is 0 Å². The second-order valence-electron chi connectivity index (χ2n) is 7.79. The van der Waals surface area contributed by atoms with Crippen molar-refractivity contribution in [2.75, 3.05) is 6.54 Å². The molecule has 3 heterocycles. The summed E-state index contributed by atoms with van der Waals surface area (Å²) >= 11 is 0. The number of imidazole rings is 1. The second-order valence-corrected chi connectivity index (χ2v) is 7.79. The summed E-state index contributed by atoms with van der Waals surface area (Å²) in [6.45, 7) is 2.73. The number of amides is 1. The van der Waals surface area contributed by atoms with E-state index in [1.54, 1.807) is 24.1 Å². The predicted octanol–water partition coefficient (Wildman–Crippen LogP) is 3.14. The van der Waals surface area contributed by atoms with Gasteiger partial charge in [-0.3, -0.25) is 9.78 Å². The highest BCUT2D eigenvalue weighted by molar-refractivity contribution is 5.94. The molecule has 9 heteroatoms. The van der Waals surface area contributed by atoms with Crippen molar-refractivity contribution in [3.05, 3.63) is 47.3 Å². The lowest BCUT2D eigenvalue weighted by Crippen LogP contribution is -2.45. The topological polar surface area (TPSA) is 71.2 Å². The SMILES string of the molecule is C[C@H]1CN(C(=O)c2ccc(C3CC3)nc2)Cc2cnc(C(C)(O)C(F)(F)F)n21. The fourth-order valence-electron chi connectivity index (χ4n) is 3.64. The van der Waals surface area contributed by atoms with Crippen molar-refractivity contribution < 1.29 is 23.1 Å². The summed E-state index contributed by atoms with van der Waals surface area (Å²) in [5.41, 5.74) is -1.17. The summed E-state index contributed by atoms with van der Waals surface area (Å²) in [4.78, 5) is 22.6. The van der Waals surface area contributed by atoms with Gasteiger partial charge in [0.05, 0.1) is 30.0 Å². The number of aliphatic hydroxyl groups is 1. The van der Waals surface area contributed by atoms with Crippen LogP contribution >= 0.6 is 0 Å². The minimum absolute atomic E-state index is 0.120. The van der Waals surface area contributed by atoms with E-state index in [4.69, 9.17) is 0 Å². The zero-order chi connectivity index (χ0) is 20.3. The summed E-state index contributed by atoms with van der Waals surface area (Å²) in [7, 11) is 0. The Bertz CT molecular complexity index is 901. The fourth-order valence-corrected chi connectivity index (χ4v) is 3.64. The van der Waals surface area contributed by atoms with Gasteiger partial charge in [-0.1, -0.05) is 0 Å². The molecule has 0 aromatic carbocycles. The normalized spacial score (nSPS) is 21.9. The van der Waals surface area contributed by atoms with Gasteiger partial charge in [-0.15, -0.1) is 0 Å². The first kappa shape index (κ1) is 18.9. The van der Waals surface area contributed by atoms with Crippen LogP contribution in [0.1, 0.15) is 66.2 Å². The van der Waals surface area contributed by atoms with E-state index in [1.165, 1.54) is 10.8 Å². The van der Waals surface area contributed by atoms with Crippen LogP contribution in [0.4, 0.5) is 13.2 Å². The molecular weight excluding hydrogens is 373 g/mol. The number of hydrogen-bond acceptors (Lipinski definition) is 4. The number of aromatic nitrogens is 3. The first-order chi connectivity index (χ1) is 13.1. The summed E-state index contributed by atoms with van der Waals surface area (Å²) in [5, 5.41) is 10.0. The van der Waals surface area contributed by atoms with Crippen LogP contribution in [0.2, 0.25) is 0 Å². The molecule has 0 bridgehead atoms. The smallest absolute Gasteiger partial charge is 0.374 e. The average Bonchev–Trinajstić information content (AvgIpc) is 3.38. The van der Waals surface area contributed by atoms with Gasteiger partial charge in [0.2, 0.25) is 5.60 Å². The fraction of sp³-hybridized carbons (Fsp3) is 0.526. The molecule has 0 saturated heterocycles. The monoisotopic (exact) mass is 394 g/mol. The van der Waals surface area contributed by atoms with Gasteiger partial charge in [-0.2, -0.15) is 13.2 Å². The third kappa shape index (κ3) is 3.07. The molecule has 0 spiro atoms. The standard InChI is InChI=1S/C19H21F3N4O2/c1-11-9-25(16(27)13-5-6-15(23-7-13)12-3-4-12)10-14-8-24-17(26(11)14)18(2,28)19(20,21)22/h5-8,11-12,28H,3-4,9-10H2,1-2H3/t11-,18?/m0/s1. The van der Waals surface area contributed by atoms with Crippen molar-refractivity contribution in [1.82, 2.24) is 19.4 Å². The molecule has 1 fully saturated rings. The van der Waals surface area contributed by atoms with Gasteiger partial charge < -0.3 is 14.6 Å². The van der Waals surface area contributed by atoms with Gasteiger partial charge in [-0.05, 0) is 38.8 Å². The van der Waals surface area contributed by atoms with Crippen molar-refractivity contribution in [2.45, 2.75) is 57.0 Å². The van der Waals surface area contributed by atoms with Gasteiger partial charge in [0.25, 0.3) is 5.91 Å². The third-order valence-electron chi connectivity index (χ3n) is 5.46. The highest BCUT2D eigenvalue weighted by Crippen LogP contribution is 2.40. The number of carbonyl (C=O) groups excluding carboxylic acids is 1. The maximum Gasteiger partial charge on any atom is 0.424 e. The Hall–Kier alpha value is -2.42. The Labute approximate surface area is 160 Å². The van der Waals surface area contributed by atoms with E-state index in [2.05, 4.69) is 9.97 Å². The lowest BCUT2D eigenvalue weighted by molar-refractivity contribution is -0.263. The van der Waals surface area contributed by atoms with Crippen molar-refractivity contribution >= 4 is 5.91 Å². The van der Waals surface area contributed by atoms with Gasteiger partial charge >= 0.3 is 6.18 Å². The van der Waals surface area contributed by atoms with Gasteiger partial charge in [0.15, 0.2) is 5.82 Å². The van der Waals surface area contributed by atoms with E-state index < -0.39 is 23.6 Å². The van der Waals surface area contributed by atoms with E-state index in [0.29, 0.717) is 24.1 Å². The largest absolute Gasteiger partial charge is 0.424 e. The lowest BCUT2D eigenvalue weighted by Gasteiger charge is -2.36. The number of carbonyl (C=O) groups is 1. The number of rotatable bonds is 3. The number of halogens is 3. The summed E-state index contributed by atoms with van der Waals surface area (Å²) in [6, 6.07) is 3.15. The molecule has 1 aliphatic heterocycles. The van der Waals surface area contributed by atoms with Gasteiger partial charge in [-0.25, -0.2) is 4.98 Å². The Balaban J connectivity index is 1.58. The molecule has 2 aromatic heterocycles. The van der Waals surface area contributed by atoms with Crippen LogP contribution < -0.4 is 0 Å². The Morgan fingerprint density at radius 3 is 2.50 bits per heavy atom. The molecule has 1 N–H and O–H groups in total. The lowest BCUT2D eigenvalue weighted by atomic mass is 10.0. The third-order valence-corrected chi connectivity index (χ3v) is 5.46. The van der Waals surface area contributed by atoms with E-state index in [9.17, 15) is 23.1 Å². The minimum atomic E-state index is -4.85. The Morgan fingerprint density at radius 1 is 1.21 bits per heavy atom. The van der Waals surface area contributed by atoms with Crippen LogP contribution in [-0.2, 0) is 12.1 Å². The highest BCUT2D eigenvalue weighted by Gasteiger charge is 2.55. The molecule has 1 aliphatic carbocycles. The molecular formula is C19H21F3N4O2. The van der Waals surface area contributed by atoms with E-state index in [1.807, 2.05) is 6.07 Å². The van der Waals surface area contributed by atoms with Gasteiger partial charge in [0, 0.05) is 24.4 Å². The van der Waals surface area contributed by atoms with Crippen molar-refractivity contribution in [3.63, 3.8) is 0 Å².